The first kappa shape index (κ1) is 18.6. The number of carbonyl (C=O) groups is 2. The highest BCUT2D eigenvalue weighted by Crippen LogP contribution is 2.26. The van der Waals surface area contributed by atoms with Crippen molar-refractivity contribution < 1.29 is 14.7 Å². The lowest BCUT2D eigenvalue weighted by Crippen LogP contribution is -2.40. The normalized spacial score (nSPS) is 14.3. The van der Waals surface area contributed by atoms with Crippen molar-refractivity contribution in [1.82, 2.24) is 20.3 Å². The molecular formula is C18H17N5O3S2. The van der Waals surface area contributed by atoms with Crippen LogP contribution >= 0.6 is 24.2 Å². The molecule has 0 bridgehead atoms. The third kappa shape index (κ3) is 3.78. The van der Waals surface area contributed by atoms with Crippen LogP contribution in [0.5, 0.6) is 0 Å². The number of anilines is 1. The quantitative estimate of drug-likeness (QED) is 0.560. The van der Waals surface area contributed by atoms with Gasteiger partial charge >= 0.3 is 12.0 Å². The summed E-state index contributed by atoms with van der Waals surface area (Å²) < 4.78 is 1.17. The second-order valence-electron chi connectivity index (χ2n) is 6.51. The van der Waals surface area contributed by atoms with E-state index in [0.717, 1.165) is 37.0 Å². The largest absolute Gasteiger partial charge is 0.477 e. The zero-order valence-corrected chi connectivity index (χ0v) is 16.4. The fourth-order valence-electron chi connectivity index (χ4n) is 3.14. The monoisotopic (exact) mass is 415 g/mol. The molecule has 4 rings (SSSR count). The van der Waals surface area contributed by atoms with E-state index in [9.17, 15) is 9.59 Å². The first-order valence-electron chi connectivity index (χ1n) is 8.77. The first-order chi connectivity index (χ1) is 13.5. The van der Waals surface area contributed by atoms with Crippen LogP contribution in [0.3, 0.4) is 0 Å². The van der Waals surface area contributed by atoms with Crippen molar-refractivity contribution >= 4 is 53.1 Å². The van der Waals surface area contributed by atoms with Gasteiger partial charge in [0.15, 0.2) is 5.65 Å². The SMILES string of the molecule is O=C(O)c1cc(-c2cnc3ccc(N(S)C(=O)NC4CCCC4)nc3n2)cs1. The van der Waals surface area contributed by atoms with Gasteiger partial charge in [0.2, 0.25) is 0 Å². The number of hydrogen-bond donors (Lipinski definition) is 3. The van der Waals surface area contributed by atoms with Crippen LogP contribution in [-0.2, 0) is 0 Å². The number of aromatic carboxylic acids is 1. The van der Waals surface area contributed by atoms with Gasteiger partial charge < -0.3 is 10.4 Å². The Bertz CT molecular complexity index is 1050. The van der Waals surface area contributed by atoms with Crippen LogP contribution in [0.15, 0.2) is 29.8 Å². The maximum absolute atomic E-state index is 12.4. The molecule has 8 nitrogen and oxygen atoms in total. The van der Waals surface area contributed by atoms with Crippen molar-refractivity contribution in [2.75, 3.05) is 4.31 Å². The predicted octanol–water partition coefficient (Wildman–Crippen LogP) is 3.75. The average Bonchev–Trinajstić information content (AvgIpc) is 3.38. The summed E-state index contributed by atoms with van der Waals surface area (Å²) in [5.41, 5.74) is 2.10. The molecule has 0 radical (unpaired) electrons. The van der Waals surface area contributed by atoms with Crippen LogP contribution in [0.4, 0.5) is 10.6 Å². The van der Waals surface area contributed by atoms with E-state index in [1.165, 1.54) is 4.31 Å². The van der Waals surface area contributed by atoms with Gasteiger partial charge in [-0.25, -0.2) is 23.9 Å². The Morgan fingerprint density at radius 1 is 1.25 bits per heavy atom. The number of pyridine rings is 1. The number of fused-ring (bicyclic) bond motifs is 1. The van der Waals surface area contributed by atoms with Crippen LogP contribution in [0.1, 0.15) is 35.4 Å². The third-order valence-electron chi connectivity index (χ3n) is 4.59. The number of thiophene rings is 1. The molecule has 144 valence electrons. The van der Waals surface area contributed by atoms with Crippen LogP contribution in [0, 0.1) is 0 Å². The van der Waals surface area contributed by atoms with Crippen LogP contribution < -0.4 is 9.62 Å². The summed E-state index contributed by atoms with van der Waals surface area (Å²) in [7, 11) is 0. The van der Waals surface area contributed by atoms with E-state index in [1.807, 2.05) is 0 Å². The Morgan fingerprint density at radius 2 is 2.04 bits per heavy atom. The molecule has 0 spiro atoms. The summed E-state index contributed by atoms with van der Waals surface area (Å²) in [5.74, 6) is -0.640. The molecule has 28 heavy (non-hydrogen) atoms. The zero-order chi connectivity index (χ0) is 19.7. The summed E-state index contributed by atoms with van der Waals surface area (Å²) in [6, 6.07) is 4.78. The molecule has 2 amide bonds. The molecule has 10 heteroatoms. The van der Waals surface area contributed by atoms with E-state index in [1.54, 1.807) is 29.8 Å². The topological polar surface area (TPSA) is 108 Å². The highest BCUT2D eigenvalue weighted by Gasteiger charge is 2.21. The minimum absolute atomic E-state index is 0.177. The van der Waals surface area contributed by atoms with E-state index >= 15 is 0 Å². The maximum Gasteiger partial charge on any atom is 0.345 e. The van der Waals surface area contributed by atoms with Crippen molar-refractivity contribution in [3.63, 3.8) is 0 Å². The Hall–Kier alpha value is -2.72. The number of rotatable bonds is 4. The maximum atomic E-state index is 12.4. The number of aromatic nitrogens is 3. The number of nitrogens with one attached hydrogen (secondary N) is 1. The summed E-state index contributed by atoms with van der Waals surface area (Å²) in [4.78, 5) is 36.9. The molecule has 0 unspecified atom stereocenters. The molecule has 0 aliphatic heterocycles. The molecule has 3 heterocycles. The number of nitrogens with zero attached hydrogens (tertiary/aromatic N) is 4. The van der Waals surface area contributed by atoms with Gasteiger partial charge in [0.25, 0.3) is 0 Å². The second-order valence-corrected chi connectivity index (χ2v) is 7.83. The highest BCUT2D eigenvalue weighted by molar-refractivity contribution is 7.82. The number of hydrogen-bond acceptors (Lipinski definition) is 7. The van der Waals surface area contributed by atoms with E-state index in [2.05, 4.69) is 33.1 Å². The zero-order valence-electron chi connectivity index (χ0n) is 14.7. The van der Waals surface area contributed by atoms with Gasteiger partial charge in [0.05, 0.1) is 11.9 Å². The summed E-state index contributed by atoms with van der Waals surface area (Å²) in [5, 5.41) is 13.7. The molecule has 0 saturated heterocycles. The molecule has 3 aromatic heterocycles. The fraction of sp³-hybridized carbons (Fsp3) is 0.278. The van der Waals surface area contributed by atoms with Gasteiger partial charge in [-0.3, -0.25) is 4.98 Å². The minimum atomic E-state index is -0.982. The molecule has 3 aromatic rings. The van der Waals surface area contributed by atoms with Gasteiger partial charge in [-0.1, -0.05) is 25.7 Å². The number of carboxylic acids is 1. The molecule has 0 aromatic carbocycles. The number of carbonyl (C=O) groups excluding carboxylic acids is 1. The lowest BCUT2D eigenvalue weighted by Gasteiger charge is -2.19. The highest BCUT2D eigenvalue weighted by atomic mass is 32.1. The average molecular weight is 416 g/mol. The van der Waals surface area contributed by atoms with E-state index in [-0.39, 0.29) is 17.0 Å². The van der Waals surface area contributed by atoms with Crippen molar-refractivity contribution in [1.29, 1.82) is 0 Å². The van der Waals surface area contributed by atoms with Gasteiger partial charge in [-0.2, -0.15) is 0 Å². The van der Waals surface area contributed by atoms with E-state index in [0.29, 0.717) is 28.2 Å². The van der Waals surface area contributed by atoms with Crippen molar-refractivity contribution in [2.45, 2.75) is 31.7 Å². The fourth-order valence-corrected chi connectivity index (χ4v) is 4.05. The van der Waals surface area contributed by atoms with Crippen molar-refractivity contribution in [3.8, 4) is 11.3 Å². The standard InChI is InChI=1S/C18H17N5O3S2/c24-17(25)14-7-10(9-28-14)13-8-19-12-5-6-15(22-16(12)21-13)23(27)18(26)20-11-3-1-2-4-11/h5-9,11,27H,1-4H2,(H,20,26)(H,24,25). The number of thiol groups is 1. The molecule has 1 aliphatic carbocycles. The lowest BCUT2D eigenvalue weighted by atomic mass is 10.2. The first-order valence-corrected chi connectivity index (χ1v) is 10.0. The molecule has 2 N–H and O–H groups in total. The molecule has 1 fully saturated rings. The Morgan fingerprint density at radius 3 is 2.75 bits per heavy atom. The van der Waals surface area contributed by atoms with Crippen LogP contribution in [-0.4, -0.2) is 38.1 Å². The Labute approximate surface area is 170 Å². The predicted molar refractivity (Wildman–Crippen MR) is 110 cm³/mol. The van der Waals surface area contributed by atoms with Crippen LogP contribution in [0.2, 0.25) is 0 Å². The van der Waals surface area contributed by atoms with Gasteiger partial charge in [-0.05, 0) is 31.0 Å². The van der Waals surface area contributed by atoms with Crippen molar-refractivity contribution in [3.05, 3.63) is 34.7 Å². The van der Waals surface area contributed by atoms with Gasteiger partial charge in [0.1, 0.15) is 16.2 Å². The molecule has 1 saturated carbocycles. The molecule has 0 atom stereocenters. The minimum Gasteiger partial charge on any atom is -0.477 e. The molecule has 1 aliphatic rings. The summed E-state index contributed by atoms with van der Waals surface area (Å²) in [6.07, 6.45) is 5.77. The number of carboxylic acid groups (broad SMARTS) is 1. The van der Waals surface area contributed by atoms with Crippen LogP contribution in [0.25, 0.3) is 22.4 Å². The van der Waals surface area contributed by atoms with Crippen molar-refractivity contribution in [2.24, 2.45) is 0 Å². The summed E-state index contributed by atoms with van der Waals surface area (Å²) >= 11 is 5.41. The lowest BCUT2D eigenvalue weighted by molar-refractivity contribution is 0.0702. The smallest absolute Gasteiger partial charge is 0.345 e. The second kappa shape index (κ2) is 7.72. The van der Waals surface area contributed by atoms with Gasteiger partial charge in [-0.15, -0.1) is 11.3 Å². The Kier molecular flexibility index (Phi) is 5.14. The van der Waals surface area contributed by atoms with Gasteiger partial charge in [0, 0.05) is 17.0 Å². The third-order valence-corrected chi connectivity index (χ3v) is 5.90. The number of urea groups is 1. The van der Waals surface area contributed by atoms with E-state index in [4.69, 9.17) is 5.11 Å². The summed E-state index contributed by atoms with van der Waals surface area (Å²) in [6.45, 7) is 0. The number of amides is 2. The van der Waals surface area contributed by atoms with E-state index < -0.39 is 5.97 Å². The Balaban J connectivity index is 1.59. The molecular weight excluding hydrogens is 398 g/mol.